The second kappa shape index (κ2) is 7.37. The summed E-state index contributed by atoms with van der Waals surface area (Å²) in [6.07, 6.45) is 0. The van der Waals surface area contributed by atoms with E-state index in [2.05, 4.69) is 5.32 Å². The van der Waals surface area contributed by atoms with Crippen molar-refractivity contribution in [3.63, 3.8) is 0 Å². The van der Waals surface area contributed by atoms with Gasteiger partial charge in [0, 0.05) is 6.07 Å². The summed E-state index contributed by atoms with van der Waals surface area (Å²) in [6.45, 7) is 3.20. The molecule has 0 heterocycles. The van der Waals surface area contributed by atoms with Gasteiger partial charge >= 0.3 is 5.97 Å². The fraction of sp³-hybridized carbons (Fsp3) is 0.429. The number of methoxy groups -OCH3 is 1. The lowest BCUT2D eigenvalue weighted by molar-refractivity contribution is -0.143. The van der Waals surface area contributed by atoms with Crippen LogP contribution in [0.2, 0.25) is 0 Å². The lowest BCUT2D eigenvalue weighted by Gasteiger charge is -2.18. The van der Waals surface area contributed by atoms with Crippen LogP contribution < -0.4 is 14.8 Å². The topological polar surface area (TPSA) is 84.9 Å². The molecule has 0 aliphatic rings. The van der Waals surface area contributed by atoms with Gasteiger partial charge in [0.1, 0.15) is 17.5 Å². The summed E-state index contributed by atoms with van der Waals surface area (Å²) in [5, 5.41) is 11.4. The van der Waals surface area contributed by atoms with Crippen molar-refractivity contribution in [1.29, 1.82) is 0 Å². The molecule has 0 aliphatic carbocycles. The number of benzene rings is 1. The zero-order chi connectivity index (χ0) is 15.1. The van der Waals surface area contributed by atoms with E-state index in [-0.39, 0.29) is 12.5 Å². The molecule has 1 atom stereocenters. The zero-order valence-corrected chi connectivity index (χ0v) is 11.8. The lowest BCUT2D eigenvalue weighted by Crippen LogP contribution is -2.46. The molecule has 110 valence electrons. The minimum absolute atomic E-state index is 0.201. The van der Waals surface area contributed by atoms with Crippen LogP contribution in [0.4, 0.5) is 0 Å². The van der Waals surface area contributed by atoms with Crippen LogP contribution >= 0.6 is 0 Å². The SMILES string of the molecule is COc1cccc(OCC(=O)NC(C(=O)O)C(C)C)c1. The number of carbonyl (C=O) groups is 2. The van der Waals surface area contributed by atoms with Gasteiger partial charge in [0.2, 0.25) is 0 Å². The number of amides is 1. The fourth-order valence-electron chi connectivity index (χ4n) is 1.57. The van der Waals surface area contributed by atoms with E-state index < -0.39 is 17.9 Å². The van der Waals surface area contributed by atoms with E-state index in [1.165, 1.54) is 7.11 Å². The molecule has 0 bridgehead atoms. The maximum atomic E-state index is 11.7. The number of carboxylic acid groups (broad SMARTS) is 1. The number of hydrogen-bond donors (Lipinski definition) is 2. The van der Waals surface area contributed by atoms with Gasteiger partial charge in [-0.1, -0.05) is 19.9 Å². The number of ether oxygens (including phenoxy) is 2. The monoisotopic (exact) mass is 281 g/mol. The van der Waals surface area contributed by atoms with Crippen LogP contribution in [-0.4, -0.2) is 36.7 Å². The molecule has 1 aromatic carbocycles. The third-order valence-corrected chi connectivity index (χ3v) is 2.66. The maximum absolute atomic E-state index is 11.7. The molecule has 0 aliphatic heterocycles. The minimum atomic E-state index is -1.06. The summed E-state index contributed by atoms with van der Waals surface area (Å²) < 4.78 is 10.3. The third kappa shape index (κ3) is 4.79. The average Bonchev–Trinajstić information content (AvgIpc) is 2.42. The predicted molar refractivity (Wildman–Crippen MR) is 72.9 cm³/mol. The molecule has 0 radical (unpaired) electrons. The van der Waals surface area contributed by atoms with Gasteiger partial charge in [-0.05, 0) is 18.1 Å². The summed E-state index contributed by atoms with van der Waals surface area (Å²) in [4.78, 5) is 22.6. The van der Waals surface area contributed by atoms with E-state index in [0.29, 0.717) is 11.5 Å². The second-order valence-electron chi connectivity index (χ2n) is 4.60. The average molecular weight is 281 g/mol. The number of hydrogen-bond acceptors (Lipinski definition) is 4. The molecular weight excluding hydrogens is 262 g/mol. The molecule has 0 spiro atoms. The van der Waals surface area contributed by atoms with Gasteiger partial charge in [-0.25, -0.2) is 4.79 Å². The van der Waals surface area contributed by atoms with Crippen molar-refractivity contribution in [2.75, 3.05) is 13.7 Å². The normalized spacial score (nSPS) is 11.8. The van der Waals surface area contributed by atoms with Crippen LogP contribution in [-0.2, 0) is 9.59 Å². The summed E-state index contributed by atoms with van der Waals surface area (Å²) in [5.41, 5.74) is 0. The van der Waals surface area contributed by atoms with Gasteiger partial charge < -0.3 is 19.9 Å². The fourth-order valence-corrected chi connectivity index (χ4v) is 1.57. The highest BCUT2D eigenvalue weighted by Gasteiger charge is 2.23. The zero-order valence-electron chi connectivity index (χ0n) is 11.8. The molecule has 20 heavy (non-hydrogen) atoms. The standard InChI is InChI=1S/C14H19NO5/c1-9(2)13(14(17)18)15-12(16)8-20-11-6-4-5-10(7-11)19-3/h4-7,9,13H,8H2,1-3H3,(H,15,16)(H,17,18). The van der Waals surface area contributed by atoms with Gasteiger partial charge in [0.05, 0.1) is 7.11 Å². The number of aliphatic carboxylic acids is 1. The van der Waals surface area contributed by atoms with Crippen LogP contribution in [0, 0.1) is 5.92 Å². The van der Waals surface area contributed by atoms with Gasteiger partial charge in [0.15, 0.2) is 6.61 Å². The van der Waals surface area contributed by atoms with Crippen LogP contribution in [0.1, 0.15) is 13.8 Å². The Hall–Kier alpha value is -2.24. The van der Waals surface area contributed by atoms with Gasteiger partial charge in [0.25, 0.3) is 5.91 Å². The Labute approximate surface area is 117 Å². The number of nitrogens with one attached hydrogen (secondary N) is 1. The van der Waals surface area contributed by atoms with E-state index in [9.17, 15) is 9.59 Å². The number of carbonyl (C=O) groups excluding carboxylic acids is 1. The molecule has 1 unspecified atom stereocenters. The smallest absolute Gasteiger partial charge is 0.326 e. The van der Waals surface area contributed by atoms with Gasteiger partial charge in [-0.15, -0.1) is 0 Å². The minimum Gasteiger partial charge on any atom is -0.497 e. The Kier molecular flexibility index (Phi) is 5.83. The van der Waals surface area contributed by atoms with E-state index in [4.69, 9.17) is 14.6 Å². The van der Waals surface area contributed by atoms with Crippen LogP contribution in [0.3, 0.4) is 0 Å². The Bertz CT molecular complexity index is 472. The van der Waals surface area contributed by atoms with E-state index in [1.54, 1.807) is 38.1 Å². The molecule has 1 amide bonds. The maximum Gasteiger partial charge on any atom is 0.326 e. The van der Waals surface area contributed by atoms with Crippen LogP contribution in [0.5, 0.6) is 11.5 Å². The number of rotatable bonds is 7. The highest BCUT2D eigenvalue weighted by Crippen LogP contribution is 2.18. The Morgan fingerprint density at radius 3 is 2.50 bits per heavy atom. The molecule has 6 heteroatoms. The first kappa shape index (κ1) is 15.8. The molecule has 0 saturated carbocycles. The lowest BCUT2D eigenvalue weighted by atomic mass is 10.1. The Morgan fingerprint density at radius 2 is 1.95 bits per heavy atom. The Balaban J connectivity index is 2.52. The Morgan fingerprint density at radius 1 is 1.30 bits per heavy atom. The summed E-state index contributed by atoms with van der Waals surface area (Å²) in [5.74, 6) is -0.638. The molecule has 1 aromatic rings. The van der Waals surface area contributed by atoms with Crippen molar-refractivity contribution in [1.82, 2.24) is 5.32 Å². The van der Waals surface area contributed by atoms with E-state index in [1.807, 2.05) is 0 Å². The first-order chi connectivity index (χ1) is 9.43. The summed E-state index contributed by atoms with van der Waals surface area (Å²) >= 11 is 0. The van der Waals surface area contributed by atoms with Crippen LogP contribution in [0.15, 0.2) is 24.3 Å². The van der Waals surface area contributed by atoms with Crippen LogP contribution in [0.25, 0.3) is 0 Å². The van der Waals surface area contributed by atoms with Crippen molar-refractivity contribution < 1.29 is 24.2 Å². The third-order valence-electron chi connectivity index (χ3n) is 2.66. The van der Waals surface area contributed by atoms with Crippen molar-refractivity contribution in [3.05, 3.63) is 24.3 Å². The first-order valence-electron chi connectivity index (χ1n) is 6.23. The van der Waals surface area contributed by atoms with Gasteiger partial charge in [-0.2, -0.15) is 0 Å². The van der Waals surface area contributed by atoms with E-state index in [0.717, 1.165) is 0 Å². The summed E-state index contributed by atoms with van der Waals surface area (Å²) in [6, 6.07) is 5.90. The molecular formula is C14H19NO5. The highest BCUT2D eigenvalue weighted by atomic mass is 16.5. The van der Waals surface area contributed by atoms with Crippen molar-refractivity contribution >= 4 is 11.9 Å². The molecule has 0 saturated heterocycles. The quantitative estimate of drug-likeness (QED) is 0.787. The molecule has 1 rings (SSSR count). The molecule has 0 fully saturated rings. The number of carboxylic acids is 1. The second-order valence-corrected chi connectivity index (χ2v) is 4.60. The van der Waals surface area contributed by atoms with E-state index >= 15 is 0 Å². The largest absolute Gasteiger partial charge is 0.497 e. The molecule has 6 nitrogen and oxygen atoms in total. The molecule has 2 N–H and O–H groups in total. The van der Waals surface area contributed by atoms with Crippen molar-refractivity contribution in [3.8, 4) is 11.5 Å². The van der Waals surface area contributed by atoms with Crippen molar-refractivity contribution in [2.24, 2.45) is 5.92 Å². The van der Waals surface area contributed by atoms with Crippen molar-refractivity contribution in [2.45, 2.75) is 19.9 Å². The predicted octanol–water partition coefficient (Wildman–Crippen LogP) is 1.30. The first-order valence-corrected chi connectivity index (χ1v) is 6.23. The molecule has 0 aromatic heterocycles. The van der Waals surface area contributed by atoms with Gasteiger partial charge in [-0.3, -0.25) is 4.79 Å². The highest BCUT2D eigenvalue weighted by molar-refractivity contribution is 5.84. The summed E-state index contributed by atoms with van der Waals surface area (Å²) in [7, 11) is 1.53.